The number of methoxy groups -OCH3 is 1. The molecule has 0 radical (unpaired) electrons. The van der Waals surface area contributed by atoms with Crippen molar-refractivity contribution in [1.82, 2.24) is 0 Å². The van der Waals surface area contributed by atoms with Crippen molar-refractivity contribution in [3.8, 4) is 5.75 Å². The van der Waals surface area contributed by atoms with E-state index >= 15 is 0 Å². The molecule has 2 aromatic carbocycles. The molecule has 100 valence electrons. The summed E-state index contributed by atoms with van der Waals surface area (Å²) in [6.07, 6.45) is 0. The minimum Gasteiger partial charge on any atom is -0.495 e. The molecule has 2 aromatic rings. The smallest absolute Gasteiger partial charge is 0.137 e. The van der Waals surface area contributed by atoms with Crippen LogP contribution in [0.25, 0.3) is 0 Å². The molecule has 0 bridgehead atoms. The van der Waals surface area contributed by atoms with Crippen LogP contribution in [0.1, 0.15) is 27.1 Å². The number of ether oxygens (including phenoxy) is 1. The molecule has 0 fully saturated rings. The van der Waals surface area contributed by atoms with Crippen molar-refractivity contribution in [2.24, 2.45) is 0 Å². The molecule has 1 atom stereocenters. The van der Waals surface area contributed by atoms with E-state index in [1.54, 1.807) is 7.11 Å². The second-order valence-electron chi connectivity index (χ2n) is 4.55. The molecule has 2 rings (SSSR count). The standard InChI is InChI=1S/C16H16BrClO/c1-10-5-4-6-13(11(10)2)16(17)12-7-8-15(19-3)14(18)9-12/h4-9,16H,1-3H3. The highest BCUT2D eigenvalue weighted by Crippen LogP contribution is 2.36. The third-order valence-corrected chi connectivity index (χ3v) is 4.71. The Balaban J connectivity index is 2.41. The first kappa shape index (κ1) is 14.4. The second kappa shape index (κ2) is 5.98. The summed E-state index contributed by atoms with van der Waals surface area (Å²) in [5.74, 6) is 0.700. The molecule has 0 aliphatic heterocycles. The van der Waals surface area contributed by atoms with Crippen LogP contribution in [-0.2, 0) is 0 Å². The number of aryl methyl sites for hydroxylation is 1. The van der Waals surface area contributed by atoms with Gasteiger partial charge in [-0.25, -0.2) is 0 Å². The number of rotatable bonds is 3. The van der Waals surface area contributed by atoms with E-state index in [2.05, 4.69) is 48.0 Å². The molecule has 0 N–H and O–H groups in total. The first-order valence-electron chi connectivity index (χ1n) is 6.08. The Morgan fingerprint density at radius 1 is 1.16 bits per heavy atom. The number of hydrogen-bond acceptors (Lipinski definition) is 1. The van der Waals surface area contributed by atoms with Crippen LogP contribution < -0.4 is 4.74 Å². The van der Waals surface area contributed by atoms with Gasteiger partial charge in [0.1, 0.15) is 5.75 Å². The van der Waals surface area contributed by atoms with Gasteiger partial charge >= 0.3 is 0 Å². The number of alkyl halides is 1. The molecule has 0 aromatic heterocycles. The fourth-order valence-electron chi connectivity index (χ4n) is 2.07. The minimum absolute atomic E-state index is 0.135. The van der Waals surface area contributed by atoms with Crippen molar-refractivity contribution in [1.29, 1.82) is 0 Å². The Morgan fingerprint density at radius 2 is 1.89 bits per heavy atom. The summed E-state index contributed by atoms with van der Waals surface area (Å²) >= 11 is 9.95. The molecule has 19 heavy (non-hydrogen) atoms. The van der Waals surface area contributed by atoms with Crippen LogP contribution in [0.3, 0.4) is 0 Å². The molecule has 3 heteroatoms. The van der Waals surface area contributed by atoms with Gasteiger partial charge in [-0.15, -0.1) is 0 Å². The van der Waals surface area contributed by atoms with E-state index in [1.165, 1.54) is 16.7 Å². The van der Waals surface area contributed by atoms with E-state index in [0.29, 0.717) is 10.8 Å². The van der Waals surface area contributed by atoms with Gasteiger partial charge in [-0.1, -0.05) is 51.8 Å². The summed E-state index contributed by atoms with van der Waals surface area (Å²) < 4.78 is 5.18. The van der Waals surface area contributed by atoms with Crippen LogP contribution >= 0.6 is 27.5 Å². The van der Waals surface area contributed by atoms with Gasteiger partial charge in [-0.05, 0) is 48.2 Å². The topological polar surface area (TPSA) is 9.23 Å². The zero-order valence-corrected chi connectivity index (χ0v) is 13.5. The third-order valence-electron chi connectivity index (χ3n) is 3.39. The van der Waals surface area contributed by atoms with Crippen molar-refractivity contribution in [3.63, 3.8) is 0 Å². The summed E-state index contributed by atoms with van der Waals surface area (Å²) in [4.78, 5) is 0.135. The molecule has 0 saturated heterocycles. The summed E-state index contributed by atoms with van der Waals surface area (Å²) in [5, 5.41) is 0.634. The van der Waals surface area contributed by atoms with Crippen LogP contribution in [0, 0.1) is 13.8 Å². The van der Waals surface area contributed by atoms with E-state index in [9.17, 15) is 0 Å². The van der Waals surface area contributed by atoms with Crippen molar-refractivity contribution >= 4 is 27.5 Å². The number of benzene rings is 2. The van der Waals surface area contributed by atoms with Crippen LogP contribution in [0.15, 0.2) is 36.4 Å². The van der Waals surface area contributed by atoms with E-state index in [0.717, 1.165) is 5.56 Å². The average Bonchev–Trinajstić information content (AvgIpc) is 2.41. The Morgan fingerprint density at radius 3 is 2.53 bits per heavy atom. The SMILES string of the molecule is COc1ccc(C(Br)c2cccc(C)c2C)cc1Cl. The molecule has 0 spiro atoms. The maximum Gasteiger partial charge on any atom is 0.137 e. The molecule has 1 unspecified atom stereocenters. The first-order chi connectivity index (χ1) is 9.04. The maximum absolute atomic E-state index is 6.19. The third kappa shape index (κ3) is 2.96. The van der Waals surface area contributed by atoms with E-state index in [4.69, 9.17) is 16.3 Å². The Hall–Kier alpha value is -0.990. The molecular weight excluding hydrogens is 324 g/mol. The summed E-state index contributed by atoms with van der Waals surface area (Å²) in [5.41, 5.74) is 4.98. The second-order valence-corrected chi connectivity index (χ2v) is 5.87. The van der Waals surface area contributed by atoms with Gasteiger partial charge in [0.05, 0.1) is 17.0 Å². The molecule has 0 saturated carbocycles. The van der Waals surface area contributed by atoms with Crippen LogP contribution in [0.4, 0.5) is 0 Å². The Bertz CT molecular complexity index is 595. The average molecular weight is 340 g/mol. The van der Waals surface area contributed by atoms with E-state index in [1.807, 2.05) is 18.2 Å². The van der Waals surface area contributed by atoms with Gasteiger partial charge < -0.3 is 4.74 Å². The van der Waals surface area contributed by atoms with Crippen molar-refractivity contribution in [3.05, 3.63) is 63.7 Å². The molecule has 0 amide bonds. The fraction of sp³-hybridized carbons (Fsp3) is 0.250. The van der Waals surface area contributed by atoms with Gasteiger partial charge in [0.25, 0.3) is 0 Å². The van der Waals surface area contributed by atoms with E-state index < -0.39 is 0 Å². The van der Waals surface area contributed by atoms with Gasteiger partial charge in [-0.2, -0.15) is 0 Å². The lowest BCUT2D eigenvalue weighted by Crippen LogP contribution is -1.98. The molecule has 0 heterocycles. The van der Waals surface area contributed by atoms with Crippen molar-refractivity contribution < 1.29 is 4.74 Å². The largest absolute Gasteiger partial charge is 0.495 e. The van der Waals surface area contributed by atoms with Gasteiger partial charge in [0.15, 0.2) is 0 Å². The minimum atomic E-state index is 0.135. The van der Waals surface area contributed by atoms with Crippen LogP contribution in [0.5, 0.6) is 5.75 Å². The van der Waals surface area contributed by atoms with Crippen LogP contribution in [0.2, 0.25) is 5.02 Å². The highest BCUT2D eigenvalue weighted by atomic mass is 79.9. The van der Waals surface area contributed by atoms with Crippen molar-refractivity contribution in [2.75, 3.05) is 7.11 Å². The predicted octanol–water partition coefficient (Wildman–Crippen LogP) is 5.45. The quantitative estimate of drug-likeness (QED) is 0.676. The summed E-state index contributed by atoms with van der Waals surface area (Å²) in [6, 6.07) is 12.2. The summed E-state index contributed by atoms with van der Waals surface area (Å²) in [6.45, 7) is 4.27. The molecule has 0 aliphatic rings. The predicted molar refractivity (Wildman–Crippen MR) is 84.7 cm³/mol. The van der Waals surface area contributed by atoms with Crippen molar-refractivity contribution in [2.45, 2.75) is 18.7 Å². The molecule has 0 aliphatic carbocycles. The highest BCUT2D eigenvalue weighted by molar-refractivity contribution is 9.09. The van der Waals surface area contributed by atoms with Gasteiger partial charge in [0.2, 0.25) is 0 Å². The number of hydrogen-bond donors (Lipinski definition) is 0. The normalized spacial score (nSPS) is 12.3. The lowest BCUT2D eigenvalue weighted by molar-refractivity contribution is 0.415. The molecule has 1 nitrogen and oxygen atoms in total. The lowest BCUT2D eigenvalue weighted by atomic mass is 9.97. The maximum atomic E-state index is 6.19. The van der Waals surface area contributed by atoms with Gasteiger partial charge in [-0.3, -0.25) is 0 Å². The van der Waals surface area contributed by atoms with Gasteiger partial charge in [0, 0.05) is 0 Å². The lowest BCUT2D eigenvalue weighted by Gasteiger charge is -2.16. The molecular formula is C16H16BrClO. The Kier molecular flexibility index (Phi) is 4.54. The first-order valence-corrected chi connectivity index (χ1v) is 7.37. The number of halogens is 2. The fourth-order valence-corrected chi connectivity index (χ4v) is 3.12. The Labute approximate surface area is 127 Å². The van der Waals surface area contributed by atoms with E-state index in [-0.39, 0.29) is 4.83 Å². The monoisotopic (exact) mass is 338 g/mol. The summed E-state index contributed by atoms with van der Waals surface area (Å²) in [7, 11) is 1.62. The highest BCUT2D eigenvalue weighted by Gasteiger charge is 2.15. The zero-order valence-electron chi connectivity index (χ0n) is 11.2. The zero-order chi connectivity index (χ0) is 14.0. The van der Waals surface area contributed by atoms with Crippen LogP contribution in [-0.4, -0.2) is 7.11 Å².